The van der Waals surface area contributed by atoms with Crippen LogP contribution in [0.25, 0.3) is 0 Å². The van der Waals surface area contributed by atoms with Crippen molar-refractivity contribution in [2.24, 2.45) is 0 Å². The highest BCUT2D eigenvalue weighted by Crippen LogP contribution is 2.19. The normalized spacial score (nSPS) is 23.7. The first-order valence-electron chi connectivity index (χ1n) is 6.38. The van der Waals surface area contributed by atoms with E-state index in [0.717, 1.165) is 35.8 Å². The van der Waals surface area contributed by atoms with Gasteiger partial charge in [0.2, 0.25) is 5.91 Å². The van der Waals surface area contributed by atoms with Gasteiger partial charge in [-0.25, -0.2) is 0 Å². The molecule has 0 spiro atoms. The van der Waals surface area contributed by atoms with Gasteiger partial charge in [-0.3, -0.25) is 4.79 Å². The number of benzene rings is 1. The molecule has 2 rings (SSSR count). The number of hydrogen-bond donors (Lipinski definition) is 2. The highest BCUT2D eigenvalue weighted by Gasteiger charge is 2.33. The molecule has 0 aliphatic carbocycles. The summed E-state index contributed by atoms with van der Waals surface area (Å²) in [6, 6.07) is 8.00. The smallest absolute Gasteiger partial charge is 0.240 e. The van der Waals surface area contributed by atoms with E-state index in [9.17, 15) is 4.79 Å². The molecule has 1 aromatic carbocycles. The molecule has 1 amide bonds. The van der Waals surface area contributed by atoms with E-state index in [-0.39, 0.29) is 5.91 Å². The SMILES string of the molecule is CC1(C(=O)NCc2cccc(Br)c2)CCCCN1. The molecule has 1 aromatic rings. The standard InChI is InChI=1S/C14H19BrN2O/c1-14(7-2-3-8-17-14)13(18)16-10-11-5-4-6-12(15)9-11/h4-6,9,17H,2-3,7-8,10H2,1H3,(H,16,18). The Bertz CT molecular complexity index is 428. The first-order chi connectivity index (χ1) is 8.60. The molecule has 1 aliphatic rings. The molecule has 98 valence electrons. The monoisotopic (exact) mass is 310 g/mol. The molecule has 1 saturated heterocycles. The van der Waals surface area contributed by atoms with Crippen LogP contribution in [0.15, 0.2) is 28.7 Å². The Morgan fingerprint density at radius 2 is 2.33 bits per heavy atom. The summed E-state index contributed by atoms with van der Waals surface area (Å²) >= 11 is 3.43. The van der Waals surface area contributed by atoms with E-state index in [0.29, 0.717) is 6.54 Å². The number of nitrogens with one attached hydrogen (secondary N) is 2. The summed E-state index contributed by atoms with van der Waals surface area (Å²) in [6.07, 6.45) is 3.19. The van der Waals surface area contributed by atoms with E-state index in [1.54, 1.807) is 0 Å². The first kappa shape index (κ1) is 13.6. The number of piperidine rings is 1. The van der Waals surface area contributed by atoms with Gasteiger partial charge in [-0.1, -0.05) is 28.1 Å². The molecule has 1 atom stereocenters. The molecule has 3 nitrogen and oxygen atoms in total. The number of amides is 1. The van der Waals surface area contributed by atoms with Crippen molar-refractivity contribution < 1.29 is 4.79 Å². The quantitative estimate of drug-likeness (QED) is 0.901. The zero-order chi connectivity index (χ0) is 13.0. The van der Waals surface area contributed by atoms with Crippen LogP contribution in [-0.2, 0) is 11.3 Å². The highest BCUT2D eigenvalue weighted by molar-refractivity contribution is 9.10. The fourth-order valence-electron chi connectivity index (χ4n) is 2.27. The molecule has 1 heterocycles. The fraction of sp³-hybridized carbons (Fsp3) is 0.500. The van der Waals surface area contributed by atoms with E-state index < -0.39 is 5.54 Å². The van der Waals surface area contributed by atoms with Crippen LogP contribution < -0.4 is 10.6 Å². The molecule has 0 bridgehead atoms. The van der Waals surface area contributed by atoms with Crippen molar-refractivity contribution >= 4 is 21.8 Å². The second kappa shape index (κ2) is 5.85. The van der Waals surface area contributed by atoms with Crippen LogP contribution in [0.2, 0.25) is 0 Å². The van der Waals surface area contributed by atoms with Crippen molar-refractivity contribution in [1.82, 2.24) is 10.6 Å². The van der Waals surface area contributed by atoms with Gasteiger partial charge in [0.15, 0.2) is 0 Å². The van der Waals surface area contributed by atoms with Crippen LogP contribution in [0, 0.1) is 0 Å². The van der Waals surface area contributed by atoms with Crippen LogP contribution in [0.3, 0.4) is 0 Å². The number of halogens is 1. The van der Waals surface area contributed by atoms with Crippen LogP contribution in [-0.4, -0.2) is 18.0 Å². The topological polar surface area (TPSA) is 41.1 Å². The van der Waals surface area contributed by atoms with Gasteiger partial charge in [0.1, 0.15) is 0 Å². The van der Waals surface area contributed by atoms with Crippen LogP contribution in [0.5, 0.6) is 0 Å². The minimum atomic E-state index is -0.399. The maximum Gasteiger partial charge on any atom is 0.240 e. The Hall–Kier alpha value is -0.870. The minimum Gasteiger partial charge on any atom is -0.350 e. The summed E-state index contributed by atoms with van der Waals surface area (Å²) in [6.45, 7) is 3.50. The Morgan fingerprint density at radius 1 is 1.50 bits per heavy atom. The molecule has 2 N–H and O–H groups in total. The number of carbonyl (C=O) groups is 1. The van der Waals surface area contributed by atoms with Crippen molar-refractivity contribution in [2.45, 2.75) is 38.3 Å². The summed E-state index contributed by atoms with van der Waals surface area (Å²) in [5.41, 5.74) is 0.710. The zero-order valence-electron chi connectivity index (χ0n) is 10.6. The zero-order valence-corrected chi connectivity index (χ0v) is 12.2. The van der Waals surface area contributed by atoms with Gasteiger partial charge in [0, 0.05) is 11.0 Å². The van der Waals surface area contributed by atoms with E-state index in [1.165, 1.54) is 0 Å². The summed E-state index contributed by atoms with van der Waals surface area (Å²) in [5.74, 6) is 0.0992. The largest absolute Gasteiger partial charge is 0.350 e. The predicted octanol–water partition coefficient (Wildman–Crippen LogP) is 2.60. The van der Waals surface area contributed by atoms with Crippen molar-refractivity contribution in [3.8, 4) is 0 Å². The van der Waals surface area contributed by atoms with Crippen LogP contribution >= 0.6 is 15.9 Å². The lowest BCUT2D eigenvalue weighted by Crippen LogP contribution is -2.56. The Morgan fingerprint density at radius 3 is 3.00 bits per heavy atom. The average Bonchev–Trinajstić information content (AvgIpc) is 2.37. The summed E-state index contributed by atoms with van der Waals surface area (Å²) < 4.78 is 1.04. The first-order valence-corrected chi connectivity index (χ1v) is 7.17. The van der Waals surface area contributed by atoms with Gasteiger partial charge in [-0.05, 0) is 50.4 Å². The molecule has 1 unspecified atom stereocenters. The molecule has 1 fully saturated rings. The number of rotatable bonds is 3. The second-order valence-corrected chi connectivity index (χ2v) is 5.94. The number of hydrogen-bond acceptors (Lipinski definition) is 2. The van der Waals surface area contributed by atoms with Gasteiger partial charge in [0.25, 0.3) is 0 Å². The molecule has 4 heteroatoms. The van der Waals surface area contributed by atoms with Gasteiger partial charge in [0.05, 0.1) is 5.54 Å². The fourth-order valence-corrected chi connectivity index (χ4v) is 2.72. The Kier molecular flexibility index (Phi) is 4.40. The number of carbonyl (C=O) groups excluding carboxylic acids is 1. The molecule has 0 radical (unpaired) electrons. The molecular formula is C14H19BrN2O. The minimum absolute atomic E-state index is 0.0992. The van der Waals surface area contributed by atoms with E-state index in [2.05, 4.69) is 26.6 Å². The molecule has 0 aromatic heterocycles. The van der Waals surface area contributed by atoms with Crippen molar-refractivity contribution in [3.05, 3.63) is 34.3 Å². The third-order valence-electron chi connectivity index (χ3n) is 3.46. The van der Waals surface area contributed by atoms with Gasteiger partial charge < -0.3 is 10.6 Å². The third-order valence-corrected chi connectivity index (χ3v) is 3.96. The maximum absolute atomic E-state index is 12.2. The second-order valence-electron chi connectivity index (χ2n) is 5.03. The molecular weight excluding hydrogens is 292 g/mol. The molecule has 18 heavy (non-hydrogen) atoms. The van der Waals surface area contributed by atoms with Gasteiger partial charge >= 0.3 is 0 Å². The lowest BCUT2D eigenvalue weighted by Gasteiger charge is -2.33. The Labute approximate surface area is 116 Å². The van der Waals surface area contributed by atoms with E-state index in [4.69, 9.17) is 0 Å². The average molecular weight is 311 g/mol. The highest BCUT2D eigenvalue weighted by atomic mass is 79.9. The van der Waals surface area contributed by atoms with Gasteiger partial charge in [-0.15, -0.1) is 0 Å². The molecule has 0 saturated carbocycles. The van der Waals surface area contributed by atoms with E-state index >= 15 is 0 Å². The van der Waals surface area contributed by atoms with Crippen molar-refractivity contribution in [1.29, 1.82) is 0 Å². The lowest BCUT2D eigenvalue weighted by atomic mass is 9.90. The summed E-state index contributed by atoms with van der Waals surface area (Å²) in [7, 11) is 0. The summed E-state index contributed by atoms with van der Waals surface area (Å²) in [5, 5.41) is 6.34. The van der Waals surface area contributed by atoms with Crippen LogP contribution in [0.1, 0.15) is 31.7 Å². The van der Waals surface area contributed by atoms with Crippen LogP contribution in [0.4, 0.5) is 0 Å². The van der Waals surface area contributed by atoms with E-state index in [1.807, 2.05) is 31.2 Å². The maximum atomic E-state index is 12.2. The predicted molar refractivity (Wildman–Crippen MR) is 76.2 cm³/mol. The third kappa shape index (κ3) is 3.33. The van der Waals surface area contributed by atoms with Gasteiger partial charge in [-0.2, -0.15) is 0 Å². The van der Waals surface area contributed by atoms with Crippen molar-refractivity contribution in [3.63, 3.8) is 0 Å². The summed E-state index contributed by atoms with van der Waals surface area (Å²) in [4.78, 5) is 12.2. The molecule has 1 aliphatic heterocycles. The Balaban J connectivity index is 1.91. The van der Waals surface area contributed by atoms with Crippen molar-refractivity contribution in [2.75, 3.05) is 6.54 Å². The lowest BCUT2D eigenvalue weighted by molar-refractivity contribution is -0.128.